The van der Waals surface area contributed by atoms with Crippen LogP contribution in [0.15, 0.2) is 74.1 Å². The number of nitrogens with one attached hydrogen (secondary N) is 1. The Morgan fingerprint density at radius 1 is 0.963 bits per heavy atom. The third-order valence-electron chi connectivity index (χ3n) is 3.76. The first-order valence-corrected chi connectivity index (χ1v) is 10.3. The summed E-state index contributed by atoms with van der Waals surface area (Å²) in [6.07, 6.45) is 0. The number of aromatic hydroxyl groups is 1. The van der Waals surface area contributed by atoms with Gasteiger partial charge in [-0.15, -0.1) is 0 Å². The van der Waals surface area contributed by atoms with Crippen LogP contribution >= 0.6 is 47.8 Å². The number of benzene rings is 3. The molecule has 0 aromatic heterocycles. The molecule has 3 aromatic rings. The molecule has 0 heterocycles. The average molecular weight is 556 g/mol. The highest BCUT2D eigenvalue weighted by Crippen LogP contribution is 2.41. The van der Waals surface area contributed by atoms with E-state index in [-0.39, 0.29) is 18.3 Å². The lowest BCUT2D eigenvalue weighted by molar-refractivity contribution is 0.102. The highest BCUT2D eigenvalue weighted by atomic mass is 79.9. The molecule has 0 aliphatic carbocycles. The van der Waals surface area contributed by atoms with Crippen molar-refractivity contribution in [1.82, 2.24) is 0 Å². The minimum atomic E-state index is -0.303. The van der Waals surface area contributed by atoms with Crippen molar-refractivity contribution in [3.05, 3.63) is 85.2 Å². The number of para-hydroxylation sites is 2. The van der Waals surface area contributed by atoms with Crippen LogP contribution in [0.4, 0.5) is 5.69 Å². The maximum Gasteiger partial charge on any atom is 0.259 e. The van der Waals surface area contributed by atoms with E-state index in [0.29, 0.717) is 31.5 Å². The van der Waals surface area contributed by atoms with Crippen LogP contribution in [0.5, 0.6) is 11.5 Å². The largest absolute Gasteiger partial charge is 0.508 e. The molecule has 0 unspecified atom stereocenters. The molecule has 0 bridgehead atoms. The van der Waals surface area contributed by atoms with E-state index in [0.717, 1.165) is 4.47 Å². The van der Waals surface area contributed by atoms with E-state index >= 15 is 0 Å². The molecule has 0 aliphatic heterocycles. The fraction of sp³-hybridized carbons (Fsp3) is 0.0500. The Kier molecular flexibility index (Phi) is 6.57. The van der Waals surface area contributed by atoms with Gasteiger partial charge in [-0.25, -0.2) is 0 Å². The monoisotopic (exact) mass is 553 g/mol. The second kappa shape index (κ2) is 8.91. The van der Waals surface area contributed by atoms with Crippen molar-refractivity contribution in [3.63, 3.8) is 0 Å². The number of rotatable bonds is 5. The molecule has 0 fully saturated rings. The van der Waals surface area contributed by atoms with Crippen molar-refractivity contribution in [1.29, 1.82) is 0 Å². The van der Waals surface area contributed by atoms with Gasteiger partial charge in [0.2, 0.25) is 0 Å². The fourth-order valence-corrected chi connectivity index (χ4v) is 3.92. The van der Waals surface area contributed by atoms with Gasteiger partial charge < -0.3 is 15.2 Å². The normalized spacial score (nSPS) is 10.5. The molecule has 2 N–H and O–H groups in total. The Bertz CT molecular complexity index is 978. The average Bonchev–Trinajstić information content (AvgIpc) is 2.67. The smallest absolute Gasteiger partial charge is 0.259 e. The zero-order valence-corrected chi connectivity index (χ0v) is 18.6. The molecule has 138 valence electrons. The predicted octanol–water partition coefficient (Wildman–Crippen LogP) is 6.51. The molecule has 0 radical (unpaired) electrons. The Hall–Kier alpha value is -1.83. The van der Waals surface area contributed by atoms with Gasteiger partial charge in [0.1, 0.15) is 18.1 Å². The third-order valence-corrected chi connectivity index (χ3v) is 7.03. The zero-order chi connectivity index (χ0) is 19.4. The van der Waals surface area contributed by atoms with E-state index in [1.54, 1.807) is 24.3 Å². The summed E-state index contributed by atoms with van der Waals surface area (Å²) < 4.78 is 7.95. The van der Waals surface area contributed by atoms with Gasteiger partial charge in [0.25, 0.3) is 5.91 Å². The number of ether oxygens (including phenoxy) is 1. The van der Waals surface area contributed by atoms with Crippen molar-refractivity contribution in [2.75, 3.05) is 5.32 Å². The minimum Gasteiger partial charge on any atom is -0.508 e. The summed E-state index contributed by atoms with van der Waals surface area (Å²) in [6.45, 7) is 0.116. The minimum absolute atomic E-state index is 0.116. The quantitative estimate of drug-likeness (QED) is 0.353. The van der Waals surface area contributed by atoms with Gasteiger partial charge in [-0.3, -0.25) is 4.79 Å². The summed E-state index contributed by atoms with van der Waals surface area (Å²) >= 11 is 10.4. The van der Waals surface area contributed by atoms with E-state index in [1.807, 2.05) is 36.4 Å². The number of carbonyl (C=O) groups excluding carboxylic acids is 1. The van der Waals surface area contributed by atoms with E-state index in [4.69, 9.17) is 4.74 Å². The Morgan fingerprint density at radius 3 is 2.33 bits per heavy atom. The maximum atomic E-state index is 12.8. The molecular formula is C20H14Br3NO3. The van der Waals surface area contributed by atoms with E-state index in [2.05, 4.69) is 53.1 Å². The molecule has 3 aromatic carbocycles. The van der Waals surface area contributed by atoms with Crippen LogP contribution in [0.25, 0.3) is 0 Å². The van der Waals surface area contributed by atoms with Gasteiger partial charge in [0.15, 0.2) is 0 Å². The van der Waals surface area contributed by atoms with Crippen LogP contribution < -0.4 is 10.1 Å². The number of hydrogen-bond acceptors (Lipinski definition) is 3. The van der Waals surface area contributed by atoms with Crippen LogP contribution in [0.1, 0.15) is 15.9 Å². The number of phenols is 1. The fourth-order valence-electron chi connectivity index (χ4n) is 2.39. The molecule has 0 spiro atoms. The van der Waals surface area contributed by atoms with Gasteiger partial charge >= 0.3 is 0 Å². The molecule has 0 atom stereocenters. The maximum absolute atomic E-state index is 12.8. The number of hydrogen-bond donors (Lipinski definition) is 2. The Morgan fingerprint density at radius 2 is 1.63 bits per heavy atom. The van der Waals surface area contributed by atoms with Crippen molar-refractivity contribution in [2.24, 2.45) is 0 Å². The Balaban J connectivity index is 1.93. The van der Waals surface area contributed by atoms with Crippen LogP contribution in [0, 0.1) is 0 Å². The lowest BCUT2D eigenvalue weighted by Crippen LogP contribution is -2.14. The van der Waals surface area contributed by atoms with Crippen LogP contribution in [-0.2, 0) is 6.61 Å². The van der Waals surface area contributed by atoms with Gasteiger partial charge in [-0.05, 0) is 72.1 Å². The summed E-state index contributed by atoms with van der Waals surface area (Å²) in [6, 6.07) is 17.8. The molecule has 0 aliphatic rings. The summed E-state index contributed by atoms with van der Waals surface area (Å²) in [5.74, 6) is 0.212. The third kappa shape index (κ3) is 4.72. The van der Waals surface area contributed by atoms with Crippen molar-refractivity contribution in [2.45, 2.75) is 6.61 Å². The lowest BCUT2D eigenvalue weighted by Gasteiger charge is -2.16. The standard InChI is InChI=1S/C20H14Br3NO3/c21-15-10-14(20(26)24-13-7-2-1-3-8-13)19(18(23)17(15)22)27-11-12-6-4-5-9-16(12)25/h1-10,25H,11H2,(H,24,26). The van der Waals surface area contributed by atoms with Crippen LogP contribution in [-0.4, -0.2) is 11.0 Å². The second-order valence-corrected chi connectivity index (χ2v) is 8.04. The van der Waals surface area contributed by atoms with Gasteiger partial charge in [-0.1, -0.05) is 36.4 Å². The van der Waals surface area contributed by atoms with Crippen LogP contribution in [0.2, 0.25) is 0 Å². The lowest BCUT2D eigenvalue weighted by atomic mass is 10.1. The van der Waals surface area contributed by atoms with Gasteiger partial charge in [0.05, 0.1) is 10.0 Å². The highest BCUT2D eigenvalue weighted by molar-refractivity contribution is 9.14. The molecule has 0 saturated carbocycles. The van der Waals surface area contributed by atoms with E-state index in [9.17, 15) is 9.90 Å². The molecular weight excluding hydrogens is 542 g/mol. The number of phenolic OH excluding ortho intramolecular Hbond substituents is 1. The zero-order valence-electron chi connectivity index (χ0n) is 13.9. The van der Waals surface area contributed by atoms with E-state index < -0.39 is 0 Å². The first-order valence-electron chi connectivity index (χ1n) is 7.91. The molecule has 27 heavy (non-hydrogen) atoms. The summed E-state index contributed by atoms with van der Waals surface area (Å²) in [5.41, 5.74) is 1.67. The number of halogens is 3. The van der Waals surface area contributed by atoms with Crippen molar-refractivity contribution in [3.8, 4) is 11.5 Å². The first-order chi connectivity index (χ1) is 13.0. The molecule has 4 nitrogen and oxygen atoms in total. The Labute approximate surface area is 181 Å². The van der Waals surface area contributed by atoms with Gasteiger partial charge in [0, 0.05) is 20.2 Å². The molecule has 3 rings (SSSR count). The number of anilines is 1. The van der Waals surface area contributed by atoms with Crippen LogP contribution in [0.3, 0.4) is 0 Å². The summed E-state index contributed by atoms with van der Waals surface area (Å²) in [7, 11) is 0. The van der Waals surface area contributed by atoms with Crippen molar-refractivity contribution >= 4 is 59.4 Å². The number of carbonyl (C=O) groups is 1. The first kappa shape index (κ1) is 19.9. The van der Waals surface area contributed by atoms with E-state index in [1.165, 1.54) is 0 Å². The SMILES string of the molecule is O=C(Nc1ccccc1)c1cc(Br)c(Br)c(Br)c1OCc1ccccc1O. The number of amides is 1. The highest BCUT2D eigenvalue weighted by Gasteiger charge is 2.21. The van der Waals surface area contributed by atoms with Gasteiger partial charge in [-0.2, -0.15) is 0 Å². The topological polar surface area (TPSA) is 58.6 Å². The summed E-state index contributed by atoms with van der Waals surface area (Å²) in [5, 5.41) is 12.8. The molecule has 1 amide bonds. The predicted molar refractivity (Wildman–Crippen MR) is 116 cm³/mol. The second-order valence-electron chi connectivity index (χ2n) is 5.60. The molecule has 7 heteroatoms. The van der Waals surface area contributed by atoms with Crippen molar-refractivity contribution < 1.29 is 14.6 Å². The summed E-state index contributed by atoms with van der Waals surface area (Å²) in [4.78, 5) is 12.8. The molecule has 0 saturated heterocycles.